The molecule has 27 heavy (non-hydrogen) atoms. The fourth-order valence-electron chi connectivity index (χ4n) is 3.21. The molecule has 0 atom stereocenters. The van der Waals surface area contributed by atoms with Gasteiger partial charge in [0.25, 0.3) is 5.91 Å². The summed E-state index contributed by atoms with van der Waals surface area (Å²) in [5.74, 6) is 1.90. The van der Waals surface area contributed by atoms with Crippen molar-refractivity contribution in [2.24, 2.45) is 0 Å². The predicted molar refractivity (Wildman–Crippen MR) is 101 cm³/mol. The molecule has 4 aromatic rings. The lowest BCUT2D eigenvalue weighted by atomic mass is 10.3. The van der Waals surface area contributed by atoms with Gasteiger partial charge in [-0.1, -0.05) is 0 Å². The molecule has 0 aromatic carbocycles. The van der Waals surface area contributed by atoms with Crippen molar-refractivity contribution in [3.05, 3.63) is 53.1 Å². The van der Waals surface area contributed by atoms with E-state index in [2.05, 4.69) is 15.1 Å². The van der Waals surface area contributed by atoms with Gasteiger partial charge in [-0.2, -0.15) is 15.9 Å². The van der Waals surface area contributed by atoms with Gasteiger partial charge in [0.2, 0.25) is 0 Å². The van der Waals surface area contributed by atoms with Gasteiger partial charge >= 0.3 is 0 Å². The van der Waals surface area contributed by atoms with Gasteiger partial charge in [0.15, 0.2) is 17.2 Å². The Balaban J connectivity index is 1.36. The quantitative estimate of drug-likeness (QED) is 0.543. The maximum Gasteiger partial charge on any atom is 0.289 e. The van der Waals surface area contributed by atoms with Crippen LogP contribution in [-0.2, 0) is 0 Å². The zero-order chi connectivity index (χ0) is 18.2. The summed E-state index contributed by atoms with van der Waals surface area (Å²) in [7, 11) is 0. The molecule has 9 heteroatoms. The number of amides is 1. The molecule has 5 rings (SSSR count). The molecule has 0 unspecified atom stereocenters. The molecular formula is C18H16N6O2S. The number of thiophene rings is 1. The van der Waals surface area contributed by atoms with E-state index in [1.54, 1.807) is 28.0 Å². The van der Waals surface area contributed by atoms with Crippen molar-refractivity contribution >= 4 is 28.7 Å². The van der Waals surface area contributed by atoms with Crippen LogP contribution in [0.3, 0.4) is 0 Å². The lowest BCUT2D eigenvalue weighted by Crippen LogP contribution is -2.49. The fraction of sp³-hybridized carbons (Fsp3) is 0.222. The Morgan fingerprint density at radius 1 is 1.07 bits per heavy atom. The molecule has 1 aliphatic heterocycles. The minimum Gasteiger partial charge on any atom is -0.459 e. The number of anilines is 1. The van der Waals surface area contributed by atoms with Crippen LogP contribution in [0.5, 0.6) is 0 Å². The molecule has 1 amide bonds. The van der Waals surface area contributed by atoms with E-state index in [0.29, 0.717) is 37.6 Å². The van der Waals surface area contributed by atoms with Crippen LogP contribution in [0.15, 0.2) is 51.8 Å². The first-order valence-electron chi connectivity index (χ1n) is 8.62. The highest BCUT2D eigenvalue weighted by atomic mass is 32.1. The second kappa shape index (κ2) is 6.51. The molecule has 1 saturated heterocycles. The van der Waals surface area contributed by atoms with Crippen LogP contribution in [-0.4, -0.2) is 56.8 Å². The molecule has 8 nitrogen and oxygen atoms in total. The number of piperazine rings is 1. The first-order valence-corrected chi connectivity index (χ1v) is 9.57. The van der Waals surface area contributed by atoms with E-state index in [-0.39, 0.29) is 5.91 Å². The van der Waals surface area contributed by atoms with E-state index in [9.17, 15) is 4.79 Å². The van der Waals surface area contributed by atoms with Gasteiger partial charge in [0.1, 0.15) is 5.82 Å². The van der Waals surface area contributed by atoms with Crippen molar-refractivity contribution in [2.75, 3.05) is 31.1 Å². The number of furan rings is 1. The van der Waals surface area contributed by atoms with Crippen molar-refractivity contribution in [3.63, 3.8) is 0 Å². The molecule has 0 bridgehead atoms. The molecule has 0 aliphatic carbocycles. The van der Waals surface area contributed by atoms with Crippen molar-refractivity contribution < 1.29 is 9.21 Å². The van der Waals surface area contributed by atoms with E-state index in [4.69, 9.17) is 9.52 Å². The number of rotatable bonds is 3. The summed E-state index contributed by atoms with van der Waals surface area (Å²) in [5, 5.41) is 17.2. The number of hydrogen-bond acceptors (Lipinski definition) is 7. The zero-order valence-corrected chi connectivity index (χ0v) is 15.2. The highest BCUT2D eigenvalue weighted by Gasteiger charge is 2.24. The smallest absolute Gasteiger partial charge is 0.289 e. The number of fused-ring (bicyclic) bond motifs is 1. The normalized spacial score (nSPS) is 14.8. The molecule has 5 heterocycles. The first-order chi connectivity index (χ1) is 13.3. The molecule has 0 N–H and O–H groups in total. The summed E-state index contributed by atoms with van der Waals surface area (Å²) in [6.07, 6.45) is 1.52. The Bertz CT molecular complexity index is 1060. The summed E-state index contributed by atoms with van der Waals surface area (Å²) in [5.41, 5.74) is 1.72. The number of hydrogen-bond donors (Lipinski definition) is 0. The third-order valence-electron chi connectivity index (χ3n) is 4.65. The minimum absolute atomic E-state index is 0.0679. The molecule has 1 aliphatic rings. The first kappa shape index (κ1) is 16.0. The highest BCUT2D eigenvalue weighted by Crippen LogP contribution is 2.22. The van der Waals surface area contributed by atoms with Crippen molar-refractivity contribution in [3.8, 4) is 11.4 Å². The van der Waals surface area contributed by atoms with Crippen LogP contribution in [0.2, 0.25) is 0 Å². The Labute approximate surface area is 158 Å². The van der Waals surface area contributed by atoms with Crippen LogP contribution in [0, 0.1) is 0 Å². The molecule has 0 saturated carbocycles. The summed E-state index contributed by atoms with van der Waals surface area (Å²) in [6.45, 7) is 2.67. The topological polar surface area (TPSA) is 79.8 Å². The Morgan fingerprint density at radius 3 is 2.70 bits per heavy atom. The number of carbonyl (C=O) groups excluding carboxylic acids is 1. The van der Waals surface area contributed by atoms with Crippen LogP contribution < -0.4 is 4.90 Å². The molecular weight excluding hydrogens is 364 g/mol. The lowest BCUT2D eigenvalue weighted by Gasteiger charge is -2.34. The highest BCUT2D eigenvalue weighted by molar-refractivity contribution is 7.08. The van der Waals surface area contributed by atoms with Crippen LogP contribution >= 0.6 is 11.3 Å². The van der Waals surface area contributed by atoms with Gasteiger partial charge in [0.05, 0.1) is 6.26 Å². The van der Waals surface area contributed by atoms with Crippen LogP contribution in [0.4, 0.5) is 5.82 Å². The molecule has 0 radical (unpaired) electrons. The average Bonchev–Trinajstić information content (AvgIpc) is 3.48. The van der Waals surface area contributed by atoms with E-state index < -0.39 is 0 Å². The van der Waals surface area contributed by atoms with E-state index in [0.717, 1.165) is 17.2 Å². The second-order valence-electron chi connectivity index (χ2n) is 6.25. The summed E-state index contributed by atoms with van der Waals surface area (Å²) in [6, 6.07) is 9.31. The molecule has 136 valence electrons. The Morgan fingerprint density at radius 2 is 1.96 bits per heavy atom. The maximum atomic E-state index is 12.4. The van der Waals surface area contributed by atoms with Crippen molar-refractivity contribution in [1.29, 1.82) is 0 Å². The zero-order valence-electron chi connectivity index (χ0n) is 14.4. The van der Waals surface area contributed by atoms with Crippen molar-refractivity contribution in [1.82, 2.24) is 24.7 Å². The van der Waals surface area contributed by atoms with Crippen LogP contribution in [0.25, 0.3) is 17.0 Å². The summed E-state index contributed by atoms with van der Waals surface area (Å²) in [4.78, 5) is 16.4. The van der Waals surface area contributed by atoms with E-state index in [1.807, 2.05) is 33.9 Å². The third kappa shape index (κ3) is 2.85. The summed E-state index contributed by atoms with van der Waals surface area (Å²) >= 11 is 1.62. The standard InChI is InChI=1S/C18H16N6O2S/c25-18(14-2-1-10-26-14)23-8-6-22(7-9-23)16-4-3-15-19-20-17(24(15)21-16)13-5-11-27-12-13/h1-5,10-12H,6-9H2. The number of nitrogens with zero attached hydrogens (tertiary/aromatic N) is 6. The molecule has 0 spiro atoms. The lowest BCUT2D eigenvalue weighted by molar-refractivity contribution is 0.0714. The second-order valence-corrected chi connectivity index (χ2v) is 7.03. The Hall–Kier alpha value is -3.20. The largest absolute Gasteiger partial charge is 0.459 e. The van der Waals surface area contributed by atoms with Gasteiger partial charge in [-0.05, 0) is 35.7 Å². The summed E-state index contributed by atoms with van der Waals surface area (Å²) < 4.78 is 6.99. The van der Waals surface area contributed by atoms with Crippen LogP contribution in [0.1, 0.15) is 10.6 Å². The minimum atomic E-state index is -0.0679. The fourth-order valence-corrected chi connectivity index (χ4v) is 3.85. The Kier molecular flexibility index (Phi) is 3.86. The van der Waals surface area contributed by atoms with Gasteiger partial charge in [-0.25, -0.2) is 0 Å². The maximum absolute atomic E-state index is 12.4. The molecule has 4 aromatic heterocycles. The van der Waals surface area contributed by atoms with E-state index in [1.165, 1.54) is 6.26 Å². The SMILES string of the molecule is O=C(c1ccco1)N1CCN(c2ccc3nnc(-c4ccsc4)n3n2)CC1. The van der Waals surface area contributed by atoms with Gasteiger partial charge in [-0.3, -0.25) is 4.79 Å². The molecule has 1 fully saturated rings. The van der Waals surface area contributed by atoms with Gasteiger partial charge in [0, 0.05) is 37.1 Å². The average molecular weight is 380 g/mol. The number of carbonyl (C=O) groups is 1. The predicted octanol–water partition coefficient (Wildman–Crippen LogP) is 2.41. The monoisotopic (exact) mass is 380 g/mol. The van der Waals surface area contributed by atoms with Gasteiger partial charge in [-0.15, -0.1) is 15.3 Å². The number of aromatic nitrogens is 4. The van der Waals surface area contributed by atoms with Gasteiger partial charge < -0.3 is 14.2 Å². The third-order valence-corrected chi connectivity index (χ3v) is 5.33. The van der Waals surface area contributed by atoms with Crippen molar-refractivity contribution in [2.45, 2.75) is 0 Å². The van der Waals surface area contributed by atoms with E-state index >= 15 is 0 Å².